The molecule has 1 atom stereocenters. The van der Waals surface area contributed by atoms with Gasteiger partial charge in [-0.05, 0) is 79.9 Å². The molecule has 1 N–H and O–H groups in total. The summed E-state index contributed by atoms with van der Waals surface area (Å²) in [4.78, 5) is 28.0. The lowest BCUT2D eigenvalue weighted by Gasteiger charge is -2.26. The molecule has 34 heavy (non-hydrogen) atoms. The van der Waals surface area contributed by atoms with Gasteiger partial charge in [-0.3, -0.25) is 14.5 Å². The van der Waals surface area contributed by atoms with Crippen LogP contribution in [0.5, 0.6) is 11.5 Å². The van der Waals surface area contributed by atoms with Gasteiger partial charge in [-0.25, -0.2) is 0 Å². The number of carbonyl (C=O) groups excluding carboxylic acids is 2. The highest BCUT2D eigenvalue weighted by Crippen LogP contribution is 2.43. The minimum absolute atomic E-state index is 0.0419. The van der Waals surface area contributed by atoms with Gasteiger partial charge in [0.2, 0.25) is 0 Å². The highest BCUT2D eigenvalue weighted by molar-refractivity contribution is 6.51. The molecule has 1 aliphatic heterocycles. The number of anilines is 1. The summed E-state index contributed by atoms with van der Waals surface area (Å²) in [6.07, 6.45) is 0. The maximum atomic E-state index is 13.3. The first-order valence-electron chi connectivity index (χ1n) is 11.1. The van der Waals surface area contributed by atoms with Crippen LogP contribution in [-0.4, -0.2) is 30.5 Å². The van der Waals surface area contributed by atoms with Crippen LogP contribution in [0.3, 0.4) is 0 Å². The van der Waals surface area contributed by atoms with Gasteiger partial charge in [0, 0.05) is 11.3 Å². The number of ketones is 1. The predicted molar refractivity (Wildman–Crippen MR) is 131 cm³/mol. The van der Waals surface area contributed by atoms with Crippen molar-refractivity contribution in [1.82, 2.24) is 0 Å². The number of aliphatic hydroxyl groups excluding tert-OH is 1. The molecule has 0 aliphatic carbocycles. The number of hydrogen-bond donors (Lipinski definition) is 1. The van der Waals surface area contributed by atoms with Gasteiger partial charge in [0.25, 0.3) is 11.7 Å². The van der Waals surface area contributed by atoms with Gasteiger partial charge >= 0.3 is 0 Å². The SMILES string of the molecule is CCOc1ccc(C2/C(=C(/O)c3ccc(OC)c(C)c3)C(=O)C(=O)N2c2cccc(C)c2)cc1. The van der Waals surface area contributed by atoms with Crippen molar-refractivity contribution in [1.29, 1.82) is 0 Å². The van der Waals surface area contributed by atoms with Crippen molar-refractivity contribution in [2.75, 3.05) is 18.6 Å². The van der Waals surface area contributed by atoms with Crippen molar-refractivity contribution >= 4 is 23.1 Å². The number of hydrogen-bond acceptors (Lipinski definition) is 5. The Balaban J connectivity index is 1.91. The molecule has 0 bridgehead atoms. The Hall–Kier alpha value is -4.06. The van der Waals surface area contributed by atoms with Crippen molar-refractivity contribution in [3.05, 3.63) is 94.6 Å². The second kappa shape index (κ2) is 9.43. The zero-order chi connectivity index (χ0) is 24.4. The van der Waals surface area contributed by atoms with Crippen LogP contribution in [0.4, 0.5) is 5.69 Å². The largest absolute Gasteiger partial charge is 0.507 e. The van der Waals surface area contributed by atoms with Crippen molar-refractivity contribution in [2.24, 2.45) is 0 Å². The summed E-state index contributed by atoms with van der Waals surface area (Å²) in [5.41, 5.74) is 3.52. The minimum Gasteiger partial charge on any atom is -0.507 e. The fourth-order valence-corrected chi connectivity index (χ4v) is 4.29. The highest BCUT2D eigenvalue weighted by Gasteiger charge is 2.47. The van der Waals surface area contributed by atoms with E-state index in [2.05, 4.69) is 0 Å². The van der Waals surface area contributed by atoms with Crippen molar-refractivity contribution < 1.29 is 24.2 Å². The first-order chi connectivity index (χ1) is 16.3. The maximum Gasteiger partial charge on any atom is 0.300 e. The number of aryl methyl sites for hydroxylation is 2. The number of aliphatic hydroxyl groups is 1. The van der Waals surface area contributed by atoms with Crippen LogP contribution in [0.25, 0.3) is 5.76 Å². The Bertz CT molecular complexity index is 1280. The third-order valence-electron chi connectivity index (χ3n) is 5.90. The Kier molecular flexibility index (Phi) is 6.41. The normalized spacial score (nSPS) is 17.2. The Morgan fingerprint density at radius 1 is 1.00 bits per heavy atom. The number of methoxy groups -OCH3 is 1. The van der Waals surface area contributed by atoms with E-state index in [0.717, 1.165) is 11.1 Å². The van der Waals surface area contributed by atoms with E-state index >= 15 is 0 Å². The van der Waals surface area contributed by atoms with Crippen LogP contribution >= 0.6 is 0 Å². The lowest BCUT2D eigenvalue weighted by atomic mass is 9.94. The van der Waals surface area contributed by atoms with E-state index in [0.29, 0.717) is 34.9 Å². The predicted octanol–water partition coefficient (Wildman–Crippen LogP) is 5.34. The first kappa shape index (κ1) is 23.1. The summed E-state index contributed by atoms with van der Waals surface area (Å²) < 4.78 is 10.9. The van der Waals surface area contributed by atoms with E-state index in [-0.39, 0.29) is 11.3 Å². The Morgan fingerprint density at radius 3 is 2.35 bits per heavy atom. The van der Waals surface area contributed by atoms with Gasteiger partial charge in [0.1, 0.15) is 17.3 Å². The average molecular weight is 458 g/mol. The van der Waals surface area contributed by atoms with E-state index < -0.39 is 17.7 Å². The van der Waals surface area contributed by atoms with E-state index in [1.807, 2.05) is 51.1 Å². The first-order valence-corrected chi connectivity index (χ1v) is 11.1. The van der Waals surface area contributed by atoms with Crippen LogP contribution in [0.1, 0.15) is 35.2 Å². The minimum atomic E-state index is -0.792. The molecule has 1 unspecified atom stereocenters. The fraction of sp³-hybridized carbons (Fsp3) is 0.214. The molecule has 1 heterocycles. The second-order valence-corrected chi connectivity index (χ2v) is 8.19. The zero-order valence-corrected chi connectivity index (χ0v) is 19.7. The molecule has 6 heteroatoms. The van der Waals surface area contributed by atoms with Crippen molar-refractivity contribution in [3.8, 4) is 11.5 Å². The summed E-state index contributed by atoms with van der Waals surface area (Å²) in [6.45, 7) is 6.20. The number of nitrogens with zero attached hydrogens (tertiary/aromatic N) is 1. The van der Waals surface area contributed by atoms with Crippen LogP contribution in [0.2, 0.25) is 0 Å². The number of amides is 1. The van der Waals surface area contributed by atoms with Crippen LogP contribution in [0.15, 0.2) is 72.3 Å². The molecule has 1 saturated heterocycles. The smallest absolute Gasteiger partial charge is 0.300 e. The molecule has 0 saturated carbocycles. The molecule has 1 amide bonds. The molecule has 0 aromatic heterocycles. The van der Waals surface area contributed by atoms with Gasteiger partial charge in [-0.1, -0.05) is 24.3 Å². The number of Topliss-reactive ketones (excluding diaryl/α,β-unsaturated/α-hetero) is 1. The molecule has 0 radical (unpaired) electrons. The Morgan fingerprint density at radius 2 is 1.74 bits per heavy atom. The fourth-order valence-electron chi connectivity index (χ4n) is 4.29. The topological polar surface area (TPSA) is 76.1 Å². The lowest BCUT2D eigenvalue weighted by Crippen LogP contribution is -2.29. The summed E-state index contributed by atoms with van der Waals surface area (Å²) in [7, 11) is 1.57. The molecule has 3 aromatic rings. The molecule has 1 aliphatic rings. The van der Waals surface area contributed by atoms with E-state index in [1.54, 1.807) is 43.5 Å². The molecule has 4 rings (SSSR count). The molecule has 6 nitrogen and oxygen atoms in total. The summed E-state index contributed by atoms with van der Waals surface area (Å²) in [5.74, 6) is -0.287. The third-order valence-corrected chi connectivity index (χ3v) is 5.90. The van der Waals surface area contributed by atoms with Crippen LogP contribution < -0.4 is 14.4 Å². The number of ether oxygens (including phenoxy) is 2. The van der Waals surface area contributed by atoms with Gasteiger partial charge in [0.05, 0.1) is 25.3 Å². The number of rotatable bonds is 6. The van der Waals surface area contributed by atoms with Gasteiger partial charge in [-0.2, -0.15) is 0 Å². The van der Waals surface area contributed by atoms with Crippen LogP contribution in [-0.2, 0) is 9.59 Å². The molecular weight excluding hydrogens is 430 g/mol. The monoisotopic (exact) mass is 457 g/mol. The lowest BCUT2D eigenvalue weighted by molar-refractivity contribution is -0.132. The quantitative estimate of drug-likeness (QED) is 0.307. The summed E-state index contributed by atoms with van der Waals surface area (Å²) in [6, 6.07) is 19.0. The molecule has 1 fully saturated rings. The summed E-state index contributed by atoms with van der Waals surface area (Å²) >= 11 is 0. The maximum absolute atomic E-state index is 13.3. The average Bonchev–Trinajstić information content (AvgIpc) is 3.09. The van der Waals surface area contributed by atoms with Crippen molar-refractivity contribution in [3.63, 3.8) is 0 Å². The van der Waals surface area contributed by atoms with Gasteiger partial charge in [0.15, 0.2) is 0 Å². The Labute approximate surface area is 199 Å². The van der Waals surface area contributed by atoms with Gasteiger partial charge < -0.3 is 14.6 Å². The molecular formula is C28H27NO5. The van der Waals surface area contributed by atoms with E-state index in [9.17, 15) is 14.7 Å². The molecule has 0 spiro atoms. The number of benzene rings is 3. The molecule has 174 valence electrons. The van der Waals surface area contributed by atoms with E-state index in [4.69, 9.17) is 9.47 Å². The third kappa shape index (κ3) is 4.15. The highest BCUT2D eigenvalue weighted by atomic mass is 16.5. The van der Waals surface area contributed by atoms with Crippen molar-refractivity contribution in [2.45, 2.75) is 26.8 Å². The standard InChI is InChI=1S/C28H27NO5/c1-5-34-22-12-9-19(10-13-22)25-24(26(30)20-11-14-23(33-4)18(3)16-20)27(31)28(32)29(25)21-8-6-7-17(2)15-21/h6-16,25,30H,5H2,1-4H3/b26-24-. The zero-order valence-electron chi connectivity index (χ0n) is 19.7. The van der Waals surface area contributed by atoms with E-state index in [1.165, 1.54) is 4.90 Å². The second-order valence-electron chi connectivity index (χ2n) is 8.19. The van der Waals surface area contributed by atoms with Crippen LogP contribution in [0, 0.1) is 13.8 Å². The summed E-state index contributed by atoms with van der Waals surface area (Å²) in [5, 5.41) is 11.3. The van der Waals surface area contributed by atoms with Gasteiger partial charge in [-0.15, -0.1) is 0 Å². The molecule has 3 aromatic carbocycles. The number of carbonyl (C=O) groups is 2.